The van der Waals surface area contributed by atoms with Crippen LogP contribution in [0.5, 0.6) is 0 Å². The van der Waals surface area contributed by atoms with Crippen molar-refractivity contribution in [3.05, 3.63) is 65.8 Å². The van der Waals surface area contributed by atoms with Crippen molar-refractivity contribution in [2.75, 3.05) is 10.6 Å². The molecule has 0 aliphatic heterocycles. The van der Waals surface area contributed by atoms with Crippen molar-refractivity contribution in [2.45, 2.75) is 26.4 Å². The summed E-state index contributed by atoms with van der Waals surface area (Å²) < 4.78 is 44.0. The highest BCUT2D eigenvalue weighted by atomic mass is 32.2. The van der Waals surface area contributed by atoms with E-state index >= 15 is 0 Å². The number of aromatic nitrogens is 2. The summed E-state index contributed by atoms with van der Waals surface area (Å²) in [7, 11) is -3.84. The Morgan fingerprint density at radius 3 is 2.57 bits per heavy atom. The Kier molecular flexibility index (Phi) is 6.16. The first-order valence-electron chi connectivity index (χ1n) is 9.07. The van der Waals surface area contributed by atoms with E-state index < -0.39 is 27.8 Å². The highest BCUT2D eigenvalue weighted by Gasteiger charge is 2.29. The molecule has 8 nitrogen and oxygen atoms in total. The van der Waals surface area contributed by atoms with Crippen LogP contribution in [0.3, 0.4) is 0 Å². The number of nitrogens with one attached hydrogen (secondary N) is 1. The van der Waals surface area contributed by atoms with Gasteiger partial charge >= 0.3 is 0 Å². The van der Waals surface area contributed by atoms with Crippen molar-refractivity contribution in [1.82, 2.24) is 15.5 Å². The van der Waals surface area contributed by atoms with E-state index in [4.69, 9.17) is 4.52 Å². The number of carbonyl (C=O) groups excluding carboxylic acids is 1. The number of hydrogen-bond donors (Lipinski definition) is 1. The Hall–Kier alpha value is -3.27. The van der Waals surface area contributed by atoms with Gasteiger partial charge in [0.2, 0.25) is 27.6 Å². The van der Waals surface area contributed by atoms with E-state index in [1.807, 2.05) is 31.2 Å². The van der Waals surface area contributed by atoms with Crippen molar-refractivity contribution in [3.8, 4) is 11.4 Å². The summed E-state index contributed by atoms with van der Waals surface area (Å²) in [5.74, 6) is -0.657. The van der Waals surface area contributed by atoms with Gasteiger partial charge in [-0.2, -0.15) is 4.98 Å². The number of halogens is 1. The monoisotopic (exact) mass is 432 g/mol. The molecular weight excluding hydrogens is 411 g/mol. The highest BCUT2D eigenvalue weighted by Crippen LogP contribution is 2.22. The van der Waals surface area contributed by atoms with Gasteiger partial charge in [-0.05, 0) is 32.0 Å². The number of amides is 1. The Labute approximate surface area is 173 Å². The molecule has 3 aromatic rings. The minimum absolute atomic E-state index is 0.0552. The molecule has 158 valence electrons. The summed E-state index contributed by atoms with van der Waals surface area (Å²) in [6, 6.07) is 11.5. The van der Waals surface area contributed by atoms with Crippen LogP contribution in [-0.2, 0) is 21.4 Å². The number of sulfonamides is 1. The fourth-order valence-electron chi connectivity index (χ4n) is 2.88. The van der Waals surface area contributed by atoms with Gasteiger partial charge in [0.15, 0.2) is 0 Å². The van der Waals surface area contributed by atoms with Crippen LogP contribution in [0.2, 0.25) is 0 Å². The fraction of sp³-hybridized carbons (Fsp3) is 0.250. The molecule has 0 saturated heterocycles. The Morgan fingerprint density at radius 1 is 1.23 bits per heavy atom. The van der Waals surface area contributed by atoms with E-state index in [9.17, 15) is 17.6 Å². The molecule has 10 heteroatoms. The molecule has 0 bridgehead atoms. The van der Waals surface area contributed by atoms with E-state index in [0.717, 1.165) is 27.8 Å². The first kappa shape index (κ1) is 21.4. The minimum atomic E-state index is -3.84. The second-order valence-electron chi connectivity index (χ2n) is 6.81. The summed E-state index contributed by atoms with van der Waals surface area (Å²) in [6.45, 7) is 3.29. The Balaban J connectivity index is 1.71. The third kappa shape index (κ3) is 5.01. The molecule has 1 N–H and O–H groups in total. The highest BCUT2D eigenvalue weighted by molar-refractivity contribution is 7.92. The summed E-state index contributed by atoms with van der Waals surface area (Å²) in [6.07, 6.45) is 0.952. The van der Waals surface area contributed by atoms with Crippen molar-refractivity contribution in [2.24, 2.45) is 0 Å². The third-order valence-electron chi connectivity index (χ3n) is 4.34. The van der Waals surface area contributed by atoms with Gasteiger partial charge in [0, 0.05) is 5.56 Å². The topological polar surface area (TPSA) is 105 Å². The van der Waals surface area contributed by atoms with E-state index in [1.165, 1.54) is 25.1 Å². The zero-order valence-corrected chi connectivity index (χ0v) is 17.5. The first-order valence-corrected chi connectivity index (χ1v) is 10.9. The molecule has 0 aliphatic rings. The normalized spacial score (nSPS) is 12.4. The van der Waals surface area contributed by atoms with Crippen LogP contribution in [0.1, 0.15) is 18.4 Å². The maximum absolute atomic E-state index is 13.6. The first-order chi connectivity index (χ1) is 14.1. The fourth-order valence-corrected chi connectivity index (χ4v) is 4.05. The lowest BCUT2D eigenvalue weighted by molar-refractivity contribution is -0.122. The van der Waals surface area contributed by atoms with Crippen LogP contribution < -0.4 is 9.62 Å². The van der Waals surface area contributed by atoms with Gasteiger partial charge in [-0.25, -0.2) is 12.8 Å². The van der Waals surface area contributed by atoms with E-state index in [-0.39, 0.29) is 18.1 Å². The summed E-state index contributed by atoms with van der Waals surface area (Å²) in [4.78, 5) is 16.8. The number of carbonyl (C=O) groups is 1. The molecule has 1 amide bonds. The zero-order valence-electron chi connectivity index (χ0n) is 16.7. The Morgan fingerprint density at radius 2 is 1.93 bits per heavy atom. The second kappa shape index (κ2) is 8.62. The van der Waals surface area contributed by atoms with E-state index in [1.54, 1.807) is 0 Å². The molecule has 1 atom stereocenters. The summed E-state index contributed by atoms with van der Waals surface area (Å²) in [5, 5.41) is 6.46. The molecule has 2 aromatic carbocycles. The number of benzene rings is 2. The molecule has 3 rings (SSSR count). The number of nitrogens with zero attached hydrogens (tertiary/aromatic N) is 3. The maximum atomic E-state index is 13.6. The second-order valence-corrected chi connectivity index (χ2v) is 8.67. The molecule has 0 spiro atoms. The smallest absolute Gasteiger partial charge is 0.246 e. The van der Waals surface area contributed by atoms with Crippen LogP contribution in [0.4, 0.5) is 10.1 Å². The van der Waals surface area contributed by atoms with Gasteiger partial charge in [-0.3, -0.25) is 9.10 Å². The van der Waals surface area contributed by atoms with Gasteiger partial charge in [0.05, 0.1) is 18.5 Å². The van der Waals surface area contributed by atoms with Gasteiger partial charge in [0.1, 0.15) is 11.9 Å². The van der Waals surface area contributed by atoms with Crippen LogP contribution in [0, 0.1) is 12.7 Å². The molecule has 1 heterocycles. The van der Waals surface area contributed by atoms with Crippen LogP contribution in [-0.4, -0.2) is 36.8 Å². The van der Waals surface area contributed by atoms with E-state index in [0.29, 0.717) is 5.82 Å². The van der Waals surface area contributed by atoms with Crippen LogP contribution in [0.15, 0.2) is 53.1 Å². The summed E-state index contributed by atoms with van der Waals surface area (Å²) in [5.41, 5.74) is 1.92. The molecule has 0 aliphatic carbocycles. The maximum Gasteiger partial charge on any atom is 0.246 e. The van der Waals surface area contributed by atoms with Crippen LogP contribution in [0.25, 0.3) is 11.4 Å². The molecule has 0 radical (unpaired) electrons. The lowest BCUT2D eigenvalue weighted by Crippen LogP contribution is -2.47. The molecule has 1 aromatic heterocycles. The standard InChI is InChI=1S/C20H21FN4O4S/c1-13-7-9-15(10-8-13)19-23-18(29-24-19)12-22-20(26)14(2)25(30(3,27)28)17-6-4-5-16(21)11-17/h4-11,14H,12H2,1-3H3,(H,22,26). The van der Waals surface area contributed by atoms with Gasteiger partial charge in [0.25, 0.3) is 0 Å². The predicted molar refractivity (Wildman–Crippen MR) is 110 cm³/mol. The van der Waals surface area contributed by atoms with Gasteiger partial charge in [-0.15, -0.1) is 0 Å². The predicted octanol–water partition coefficient (Wildman–Crippen LogP) is 2.66. The van der Waals surface area contributed by atoms with Gasteiger partial charge < -0.3 is 9.84 Å². The molecule has 0 fully saturated rings. The van der Waals surface area contributed by atoms with Crippen molar-refractivity contribution < 1.29 is 22.1 Å². The van der Waals surface area contributed by atoms with Gasteiger partial charge in [-0.1, -0.05) is 41.1 Å². The van der Waals surface area contributed by atoms with E-state index in [2.05, 4.69) is 15.5 Å². The number of aryl methyl sites for hydroxylation is 1. The molecular formula is C20H21FN4O4S. The zero-order chi connectivity index (χ0) is 21.9. The van der Waals surface area contributed by atoms with Crippen molar-refractivity contribution in [1.29, 1.82) is 0 Å². The van der Waals surface area contributed by atoms with Crippen molar-refractivity contribution in [3.63, 3.8) is 0 Å². The average molecular weight is 432 g/mol. The van der Waals surface area contributed by atoms with Crippen LogP contribution >= 0.6 is 0 Å². The average Bonchev–Trinajstić information content (AvgIpc) is 3.14. The summed E-state index contributed by atoms with van der Waals surface area (Å²) >= 11 is 0. The minimum Gasteiger partial charge on any atom is -0.345 e. The largest absolute Gasteiger partial charge is 0.345 e. The lowest BCUT2D eigenvalue weighted by atomic mass is 10.1. The number of rotatable bonds is 7. The number of hydrogen-bond acceptors (Lipinski definition) is 6. The SMILES string of the molecule is Cc1ccc(-c2noc(CNC(=O)C(C)N(c3cccc(F)c3)S(C)(=O)=O)n2)cc1. The quantitative estimate of drug-likeness (QED) is 0.615. The number of anilines is 1. The third-order valence-corrected chi connectivity index (χ3v) is 5.58. The molecule has 0 saturated carbocycles. The Bertz CT molecular complexity index is 1150. The molecule has 1 unspecified atom stereocenters. The molecule has 30 heavy (non-hydrogen) atoms. The lowest BCUT2D eigenvalue weighted by Gasteiger charge is -2.28. The van der Waals surface area contributed by atoms with Crippen molar-refractivity contribution >= 4 is 21.6 Å².